The van der Waals surface area contributed by atoms with Crippen molar-refractivity contribution in [3.8, 4) is 22.9 Å². The fraction of sp³-hybridized carbons (Fsp3) is 0.348. The van der Waals surface area contributed by atoms with Gasteiger partial charge in [0.25, 0.3) is 0 Å². The molecule has 0 saturated carbocycles. The van der Waals surface area contributed by atoms with Gasteiger partial charge in [0.2, 0.25) is 17.6 Å². The number of carbonyl (C=O) groups is 1. The maximum Gasteiger partial charge on any atom is 0.232 e. The van der Waals surface area contributed by atoms with E-state index in [9.17, 15) is 4.79 Å². The monoisotopic (exact) mass is 407 g/mol. The van der Waals surface area contributed by atoms with Crippen LogP contribution in [0.15, 0.2) is 47.0 Å². The van der Waals surface area contributed by atoms with E-state index in [1.54, 1.807) is 19.1 Å². The van der Waals surface area contributed by atoms with E-state index in [0.29, 0.717) is 31.2 Å². The number of ether oxygens (including phenoxy) is 2. The van der Waals surface area contributed by atoms with Crippen LogP contribution in [0.2, 0.25) is 0 Å². The lowest BCUT2D eigenvalue weighted by Crippen LogP contribution is -2.24. The van der Waals surface area contributed by atoms with Crippen molar-refractivity contribution in [3.05, 3.63) is 59.5 Å². The molecule has 1 aliphatic heterocycles. The predicted octanol–water partition coefficient (Wildman–Crippen LogP) is 3.83. The van der Waals surface area contributed by atoms with Gasteiger partial charge in [-0.1, -0.05) is 36.3 Å². The number of rotatable bonds is 7. The van der Waals surface area contributed by atoms with Crippen molar-refractivity contribution in [2.24, 2.45) is 0 Å². The molecule has 0 bridgehead atoms. The summed E-state index contributed by atoms with van der Waals surface area (Å²) in [4.78, 5) is 19.0. The van der Waals surface area contributed by atoms with Gasteiger partial charge in [0.05, 0.1) is 20.1 Å². The Balaban J connectivity index is 1.48. The molecule has 0 N–H and O–H groups in total. The highest BCUT2D eigenvalue weighted by molar-refractivity contribution is 5.79. The maximum absolute atomic E-state index is 12.6. The number of hydrogen-bond donors (Lipinski definition) is 0. The van der Waals surface area contributed by atoms with Gasteiger partial charge in [-0.3, -0.25) is 4.79 Å². The standard InChI is InChI=1S/C23H25N3O4/c1-4-15-5-7-16(8-6-15)22-24-23(30-25-22)18-12-21(27)26(14-18)13-17-11-19(28-2)9-10-20(17)29-3/h5-11,18H,4,12-14H2,1-3H3. The first-order valence-electron chi connectivity index (χ1n) is 10.0. The molecule has 7 heteroatoms. The Morgan fingerprint density at radius 3 is 2.63 bits per heavy atom. The highest BCUT2D eigenvalue weighted by Gasteiger charge is 2.34. The van der Waals surface area contributed by atoms with Crippen LogP contribution in [-0.2, 0) is 17.8 Å². The molecular formula is C23H25N3O4. The van der Waals surface area contributed by atoms with E-state index >= 15 is 0 Å². The predicted molar refractivity (Wildman–Crippen MR) is 111 cm³/mol. The summed E-state index contributed by atoms with van der Waals surface area (Å²) in [7, 11) is 3.23. The normalized spacial score (nSPS) is 16.2. The molecule has 30 heavy (non-hydrogen) atoms. The lowest BCUT2D eigenvalue weighted by molar-refractivity contribution is -0.128. The van der Waals surface area contributed by atoms with Crippen LogP contribution in [0.1, 0.15) is 36.3 Å². The molecule has 1 aromatic heterocycles. The van der Waals surface area contributed by atoms with E-state index in [1.165, 1.54) is 5.56 Å². The van der Waals surface area contributed by atoms with Gasteiger partial charge < -0.3 is 18.9 Å². The van der Waals surface area contributed by atoms with E-state index < -0.39 is 0 Å². The van der Waals surface area contributed by atoms with Crippen molar-refractivity contribution in [3.63, 3.8) is 0 Å². The average Bonchev–Trinajstić information content (AvgIpc) is 3.41. The lowest BCUT2D eigenvalue weighted by atomic mass is 10.1. The zero-order valence-corrected chi connectivity index (χ0v) is 17.4. The highest BCUT2D eigenvalue weighted by Crippen LogP contribution is 2.32. The topological polar surface area (TPSA) is 77.7 Å². The van der Waals surface area contributed by atoms with Crippen LogP contribution in [-0.4, -0.2) is 41.7 Å². The molecule has 1 saturated heterocycles. The number of nitrogens with zero attached hydrogens (tertiary/aromatic N) is 3. The second kappa shape index (κ2) is 8.57. The van der Waals surface area contributed by atoms with Crippen LogP contribution < -0.4 is 9.47 Å². The molecule has 7 nitrogen and oxygen atoms in total. The van der Waals surface area contributed by atoms with E-state index in [4.69, 9.17) is 14.0 Å². The molecule has 0 radical (unpaired) electrons. The Morgan fingerprint density at radius 2 is 1.93 bits per heavy atom. The summed E-state index contributed by atoms with van der Waals surface area (Å²) in [5.74, 6) is 2.43. The maximum atomic E-state index is 12.6. The van der Waals surface area contributed by atoms with E-state index in [2.05, 4.69) is 29.2 Å². The number of amides is 1. The summed E-state index contributed by atoms with van der Waals surface area (Å²) < 4.78 is 16.2. The zero-order valence-electron chi connectivity index (χ0n) is 17.4. The molecule has 2 heterocycles. The lowest BCUT2D eigenvalue weighted by Gasteiger charge is -2.18. The Bertz CT molecular complexity index is 1030. The van der Waals surface area contributed by atoms with Gasteiger partial charge in [-0.15, -0.1) is 0 Å². The molecule has 1 amide bonds. The Morgan fingerprint density at radius 1 is 1.13 bits per heavy atom. The Kier molecular flexibility index (Phi) is 5.70. The molecule has 0 aliphatic carbocycles. The van der Waals surface area contributed by atoms with Crippen LogP contribution in [0, 0.1) is 0 Å². The summed E-state index contributed by atoms with van der Waals surface area (Å²) in [5.41, 5.74) is 3.06. The number of aromatic nitrogens is 2. The van der Waals surface area contributed by atoms with E-state index in [0.717, 1.165) is 29.0 Å². The minimum atomic E-state index is -0.120. The van der Waals surface area contributed by atoms with E-state index in [1.807, 2.05) is 30.3 Å². The largest absolute Gasteiger partial charge is 0.497 e. The van der Waals surface area contributed by atoms with E-state index in [-0.39, 0.29) is 11.8 Å². The van der Waals surface area contributed by atoms with Gasteiger partial charge in [-0.05, 0) is 30.2 Å². The first kappa shape index (κ1) is 19.9. The first-order valence-corrected chi connectivity index (χ1v) is 10.0. The molecule has 2 aromatic carbocycles. The van der Waals surface area contributed by atoms with Crippen molar-refractivity contribution in [2.45, 2.75) is 32.2 Å². The third kappa shape index (κ3) is 4.01. The molecular weight excluding hydrogens is 382 g/mol. The smallest absolute Gasteiger partial charge is 0.232 e. The number of likely N-dealkylation sites (tertiary alicyclic amines) is 1. The molecule has 156 valence electrons. The van der Waals surface area contributed by atoms with Crippen molar-refractivity contribution >= 4 is 5.91 Å². The van der Waals surface area contributed by atoms with Crippen molar-refractivity contribution in [2.75, 3.05) is 20.8 Å². The van der Waals surface area contributed by atoms with Crippen molar-refractivity contribution < 1.29 is 18.8 Å². The zero-order chi connectivity index (χ0) is 21.1. The SMILES string of the molecule is CCc1ccc(-c2noc(C3CC(=O)N(Cc4cc(OC)ccc4OC)C3)n2)cc1. The van der Waals surface area contributed by atoms with Crippen LogP contribution in [0.3, 0.4) is 0 Å². The second-order valence-corrected chi connectivity index (χ2v) is 7.36. The number of aryl methyl sites for hydroxylation is 1. The Hall–Kier alpha value is -3.35. The summed E-state index contributed by atoms with van der Waals surface area (Å²) in [6, 6.07) is 13.7. The van der Waals surface area contributed by atoms with Gasteiger partial charge in [-0.2, -0.15) is 4.98 Å². The molecule has 1 fully saturated rings. The Labute approximate surface area is 175 Å². The van der Waals surface area contributed by atoms with Crippen LogP contribution in [0.25, 0.3) is 11.4 Å². The van der Waals surface area contributed by atoms with Gasteiger partial charge in [0.1, 0.15) is 11.5 Å². The average molecular weight is 407 g/mol. The molecule has 0 spiro atoms. The number of hydrogen-bond acceptors (Lipinski definition) is 6. The van der Waals surface area contributed by atoms with Gasteiger partial charge in [0.15, 0.2) is 0 Å². The fourth-order valence-electron chi connectivity index (χ4n) is 3.71. The van der Waals surface area contributed by atoms with Crippen LogP contribution in [0.5, 0.6) is 11.5 Å². The number of benzene rings is 2. The first-order chi connectivity index (χ1) is 14.6. The van der Waals surface area contributed by atoms with Gasteiger partial charge in [-0.25, -0.2) is 0 Å². The van der Waals surface area contributed by atoms with Crippen molar-refractivity contribution in [1.29, 1.82) is 0 Å². The summed E-state index contributed by atoms with van der Waals surface area (Å²) in [6.07, 6.45) is 1.33. The van der Waals surface area contributed by atoms with Gasteiger partial charge in [0, 0.05) is 30.6 Å². The highest BCUT2D eigenvalue weighted by atomic mass is 16.5. The van der Waals surface area contributed by atoms with Crippen molar-refractivity contribution in [1.82, 2.24) is 15.0 Å². The molecule has 4 rings (SSSR count). The third-order valence-electron chi connectivity index (χ3n) is 5.47. The minimum Gasteiger partial charge on any atom is -0.497 e. The molecule has 3 aromatic rings. The molecule has 1 unspecified atom stereocenters. The van der Waals surface area contributed by atoms with Crippen LogP contribution in [0.4, 0.5) is 0 Å². The van der Waals surface area contributed by atoms with Gasteiger partial charge >= 0.3 is 0 Å². The second-order valence-electron chi connectivity index (χ2n) is 7.36. The summed E-state index contributed by atoms with van der Waals surface area (Å²) >= 11 is 0. The quantitative estimate of drug-likeness (QED) is 0.592. The summed E-state index contributed by atoms with van der Waals surface area (Å²) in [6.45, 7) is 3.08. The third-order valence-corrected chi connectivity index (χ3v) is 5.47. The number of carbonyl (C=O) groups excluding carboxylic acids is 1. The minimum absolute atomic E-state index is 0.0527. The number of methoxy groups -OCH3 is 2. The summed E-state index contributed by atoms with van der Waals surface area (Å²) in [5, 5.41) is 4.12. The van der Waals surface area contributed by atoms with Crippen LogP contribution >= 0.6 is 0 Å². The molecule has 1 aliphatic rings. The molecule has 1 atom stereocenters. The fourth-order valence-corrected chi connectivity index (χ4v) is 3.71.